The number of benzene rings is 2. The predicted molar refractivity (Wildman–Crippen MR) is 131 cm³/mol. The molecule has 0 atom stereocenters. The molecular formula is C26H19N4OPtS-. The number of aromatic nitrogens is 4. The molecule has 0 amide bonds. The molecule has 0 N–H and O–H groups in total. The number of hydrogen-bond acceptors (Lipinski definition) is 4. The largest absolute Gasteiger partial charge is 0.467 e. The molecule has 0 saturated carbocycles. The van der Waals surface area contributed by atoms with E-state index in [-0.39, 0.29) is 21.1 Å². The van der Waals surface area contributed by atoms with E-state index in [0.29, 0.717) is 0 Å². The van der Waals surface area contributed by atoms with Crippen LogP contribution >= 0.6 is 11.5 Å². The van der Waals surface area contributed by atoms with Crippen LogP contribution in [0, 0.1) is 20.0 Å². The molecule has 33 heavy (non-hydrogen) atoms. The van der Waals surface area contributed by atoms with Crippen LogP contribution < -0.4 is 0 Å². The van der Waals surface area contributed by atoms with Crippen molar-refractivity contribution >= 4 is 59.8 Å². The van der Waals surface area contributed by atoms with Crippen molar-refractivity contribution in [1.29, 1.82) is 0 Å². The van der Waals surface area contributed by atoms with Gasteiger partial charge in [0.15, 0.2) is 0 Å². The van der Waals surface area contributed by atoms with Crippen molar-refractivity contribution in [2.24, 2.45) is 0 Å². The van der Waals surface area contributed by atoms with Crippen LogP contribution in [0.1, 0.15) is 18.4 Å². The molecule has 0 spiro atoms. The van der Waals surface area contributed by atoms with Crippen molar-refractivity contribution < 1.29 is 25.5 Å². The Kier molecular flexibility index (Phi) is 4.55. The zero-order valence-electron chi connectivity index (χ0n) is 18.2. The van der Waals surface area contributed by atoms with E-state index in [1.165, 1.54) is 33.3 Å². The molecule has 0 radical (unpaired) electrons. The molecule has 7 rings (SSSR count). The maximum absolute atomic E-state index is 6.08. The van der Waals surface area contributed by atoms with Gasteiger partial charge in [0.25, 0.3) is 0 Å². The Bertz CT molecular complexity index is 1850. The van der Waals surface area contributed by atoms with E-state index in [2.05, 4.69) is 64.5 Å². The number of aryl methyl sites for hydroxylation is 3. The van der Waals surface area contributed by atoms with Gasteiger partial charge < -0.3 is 13.4 Å². The zero-order chi connectivity index (χ0) is 21.6. The van der Waals surface area contributed by atoms with Gasteiger partial charge in [0.1, 0.15) is 5.76 Å². The summed E-state index contributed by atoms with van der Waals surface area (Å²) in [7, 11) is 0. The molecule has 5 aromatic heterocycles. The standard InChI is InChI=1S/C26H19N4OS.Pt/c1-4-29-20-8-6-5-7-17(20)18-11-16(9-10-21(18)29)19-12-27-30-22-13-28-32-26(22)24-15(3)31-14(2)23(24)25(19)30;/h5-12H,4H2,1-3H3;/q-1;. The number of para-hydroxylation sites is 1. The van der Waals surface area contributed by atoms with Crippen molar-refractivity contribution in [1.82, 2.24) is 18.6 Å². The fourth-order valence-corrected chi connectivity index (χ4v) is 6.07. The van der Waals surface area contributed by atoms with Gasteiger partial charge in [0.2, 0.25) is 0 Å². The van der Waals surface area contributed by atoms with Crippen molar-refractivity contribution in [2.45, 2.75) is 27.3 Å². The van der Waals surface area contributed by atoms with Gasteiger partial charge in [0, 0.05) is 60.4 Å². The summed E-state index contributed by atoms with van der Waals surface area (Å²) in [5.74, 6) is 1.82. The second-order valence-corrected chi connectivity index (χ2v) is 9.02. The van der Waals surface area contributed by atoms with E-state index in [0.717, 1.165) is 55.7 Å². The first-order chi connectivity index (χ1) is 15.7. The second kappa shape index (κ2) is 7.27. The minimum absolute atomic E-state index is 0. The fourth-order valence-electron chi connectivity index (χ4n) is 5.29. The summed E-state index contributed by atoms with van der Waals surface area (Å²) < 4.78 is 15.8. The van der Waals surface area contributed by atoms with Gasteiger partial charge in [-0.1, -0.05) is 34.5 Å². The van der Waals surface area contributed by atoms with Gasteiger partial charge in [-0.15, -0.1) is 6.20 Å². The fraction of sp³-hybridized carbons (Fsp3) is 0.154. The number of pyridine rings is 1. The van der Waals surface area contributed by atoms with Crippen LogP contribution in [0.4, 0.5) is 0 Å². The van der Waals surface area contributed by atoms with E-state index in [9.17, 15) is 0 Å². The topological polar surface area (TPSA) is 48.3 Å². The Balaban J connectivity index is 0.00000206. The first-order valence-electron chi connectivity index (χ1n) is 10.7. The Labute approximate surface area is 208 Å². The Hall–Kier alpha value is -2.95. The predicted octanol–water partition coefficient (Wildman–Crippen LogP) is 6.90. The van der Waals surface area contributed by atoms with E-state index in [1.807, 2.05) is 24.6 Å². The van der Waals surface area contributed by atoms with Crippen LogP contribution in [-0.4, -0.2) is 18.6 Å². The van der Waals surface area contributed by atoms with Gasteiger partial charge in [-0.05, 0) is 49.9 Å². The molecule has 0 aliphatic rings. The molecule has 0 aliphatic heterocycles. The molecular weight excluding hydrogens is 611 g/mol. The number of fused-ring (bicyclic) bond motifs is 9. The third-order valence-corrected chi connectivity index (χ3v) is 7.37. The molecule has 2 aromatic carbocycles. The average molecular weight is 631 g/mol. The first-order valence-corrected chi connectivity index (χ1v) is 11.5. The Morgan fingerprint density at radius 1 is 1.00 bits per heavy atom. The monoisotopic (exact) mass is 630 g/mol. The number of nitrogens with zero attached hydrogens (tertiary/aromatic N) is 4. The normalized spacial score (nSPS) is 12.0. The number of furan rings is 1. The van der Waals surface area contributed by atoms with Gasteiger partial charge in [-0.2, -0.15) is 16.6 Å². The molecule has 0 bridgehead atoms. The molecule has 7 heteroatoms. The summed E-state index contributed by atoms with van der Waals surface area (Å²) in [4.78, 5) is 0. The van der Waals surface area contributed by atoms with Crippen LogP contribution in [-0.2, 0) is 27.6 Å². The van der Waals surface area contributed by atoms with E-state index < -0.39 is 0 Å². The molecule has 166 valence electrons. The van der Waals surface area contributed by atoms with Crippen molar-refractivity contribution in [2.75, 3.05) is 0 Å². The maximum atomic E-state index is 6.08. The quantitative estimate of drug-likeness (QED) is 0.195. The van der Waals surface area contributed by atoms with Gasteiger partial charge in [0.05, 0.1) is 17.5 Å². The van der Waals surface area contributed by atoms with E-state index in [1.54, 1.807) is 0 Å². The molecule has 0 fully saturated rings. The molecule has 5 heterocycles. The summed E-state index contributed by atoms with van der Waals surface area (Å²) in [6.45, 7) is 7.18. The first kappa shape index (κ1) is 20.6. The molecule has 0 saturated heterocycles. The summed E-state index contributed by atoms with van der Waals surface area (Å²) >= 11 is 1.44. The Morgan fingerprint density at radius 3 is 2.64 bits per heavy atom. The molecule has 0 aliphatic carbocycles. The van der Waals surface area contributed by atoms with Crippen molar-refractivity contribution in [3.05, 3.63) is 66.4 Å². The van der Waals surface area contributed by atoms with Crippen LogP contribution in [0.5, 0.6) is 0 Å². The van der Waals surface area contributed by atoms with Gasteiger partial charge in [-0.3, -0.25) is 4.52 Å². The summed E-state index contributed by atoms with van der Waals surface area (Å²) in [6.07, 6.45) is 5.10. The molecule has 7 aromatic rings. The minimum atomic E-state index is 0. The molecule has 0 unspecified atom stereocenters. The maximum Gasteiger partial charge on any atom is 0.109 e. The summed E-state index contributed by atoms with van der Waals surface area (Å²) in [5.41, 5.74) is 6.72. The average Bonchev–Trinajstić information content (AvgIpc) is 3.56. The SMILES string of the molecule is CCn1c2ccccc2c2cc(-c3cnn4c5[c-]nsc5c5c(C)oc(C)c5c34)ccc21.[Pt]. The second-order valence-electron chi connectivity index (χ2n) is 8.25. The van der Waals surface area contributed by atoms with Crippen LogP contribution in [0.2, 0.25) is 0 Å². The minimum Gasteiger partial charge on any atom is -0.467 e. The van der Waals surface area contributed by atoms with Crippen molar-refractivity contribution in [3.8, 4) is 11.1 Å². The third kappa shape index (κ3) is 2.62. The Morgan fingerprint density at radius 2 is 1.79 bits per heavy atom. The number of rotatable bonds is 2. The molecule has 5 nitrogen and oxygen atoms in total. The summed E-state index contributed by atoms with van der Waals surface area (Å²) in [6, 6.07) is 15.4. The van der Waals surface area contributed by atoms with Crippen LogP contribution in [0.3, 0.4) is 0 Å². The van der Waals surface area contributed by atoms with Crippen LogP contribution in [0.25, 0.3) is 59.4 Å². The van der Waals surface area contributed by atoms with Gasteiger partial charge in [-0.25, -0.2) is 0 Å². The zero-order valence-corrected chi connectivity index (χ0v) is 21.3. The van der Waals surface area contributed by atoms with Crippen LogP contribution in [0.15, 0.2) is 53.1 Å². The van der Waals surface area contributed by atoms with Gasteiger partial charge >= 0.3 is 0 Å². The number of hydrogen-bond donors (Lipinski definition) is 0. The van der Waals surface area contributed by atoms with E-state index >= 15 is 0 Å². The third-order valence-electron chi connectivity index (χ3n) is 6.61. The van der Waals surface area contributed by atoms with E-state index in [4.69, 9.17) is 9.52 Å². The van der Waals surface area contributed by atoms with Crippen molar-refractivity contribution in [3.63, 3.8) is 0 Å². The summed E-state index contributed by atoms with van der Waals surface area (Å²) in [5, 5.41) is 9.54. The smallest absolute Gasteiger partial charge is 0.109 e.